The third-order valence-electron chi connectivity index (χ3n) is 3.89. The summed E-state index contributed by atoms with van der Waals surface area (Å²) in [6.45, 7) is 8.95. The number of methoxy groups -OCH3 is 1. The molecular formula is C15H22O2. The molecule has 0 aromatic heterocycles. The molecule has 1 aromatic rings. The zero-order valence-electron chi connectivity index (χ0n) is 11.4. The van der Waals surface area contributed by atoms with Crippen LogP contribution >= 0.6 is 0 Å². The molecule has 1 aromatic carbocycles. The third kappa shape index (κ3) is 2.87. The van der Waals surface area contributed by atoms with Gasteiger partial charge in [-0.15, -0.1) is 0 Å². The first-order chi connectivity index (χ1) is 7.93. The Balaban J connectivity index is 2.98. The predicted octanol–water partition coefficient (Wildman–Crippen LogP) is 3.80. The molecule has 0 saturated carbocycles. The van der Waals surface area contributed by atoms with Crippen LogP contribution in [0.3, 0.4) is 0 Å². The summed E-state index contributed by atoms with van der Waals surface area (Å²) in [5, 5.41) is 0. The SMILES string of the molecule is CCC(C)C(C)(C)c1ccc(C(=O)OC)cc1. The fraction of sp³-hybridized carbons (Fsp3) is 0.533. The molecule has 0 radical (unpaired) electrons. The maximum Gasteiger partial charge on any atom is 0.337 e. The Kier molecular flexibility index (Phi) is 4.33. The summed E-state index contributed by atoms with van der Waals surface area (Å²) in [5.74, 6) is 0.323. The fourth-order valence-corrected chi connectivity index (χ4v) is 1.95. The van der Waals surface area contributed by atoms with E-state index in [1.807, 2.05) is 24.3 Å². The van der Waals surface area contributed by atoms with Crippen molar-refractivity contribution in [3.05, 3.63) is 35.4 Å². The summed E-state index contributed by atoms with van der Waals surface area (Å²) in [6, 6.07) is 7.73. The van der Waals surface area contributed by atoms with Gasteiger partial charge in [0.2, 0.25) is 0 Å². The largest absolute Gasteiger partial charge is 0.465 e. The molecule has 1 unspecified atom stereocenters. The number of carbonyl (C=O) groups is 1. The highest BCUT2D eigenvalue weighted by Crippen LogP contribution is 2.33. The van der Waals surface area contributed by atoms with Crippen LogP contribution in [-0.2, 0) is 10.2 Å². The maximum atomic E-state index is 11.3. The zero-order valence-corrected chi connectivity index (χ0v) is 11.4. The second-order valence-electron chi connectivity index (χ2n) is 5.10. The van der Waals surface area contributed by atoms with Crippen LogP contribution in [0, 0.1) is 5.92 Å². The summed E-state index contributed by atoms with van der Waals surface area (Å²) >= 11 is 0. The second kappa shape index (κ2) is 5.35. The molecule has 0 spiro atoms. The molecule has 0 heterocycles. The van der Waals surface area contributed by atoms with E-state index in [9.17, 15) is 4.79 Å². The van der Waals surface area contributed by atoms with Crippen molar-refractivity contribution >= 4 is 5.97 Å². The fourth-order valence-electron chi connectivity index (χ4n) is 1.95. The van der Waals surface area contributed by atoms with Gasteiger partial charge in [-0.25, -0.2) is 4.79 Å². The number of benzene rings is 1. The Morgan fingerprint density at radius 1 is 1.29 bits per heavy atom. The van der Waals surface area contributed by atoms with E-state index in [2.05, 4.69) is 27.7 Å². The molecule has 0 aliphatic rings. The first-order valence-corrected chi connectivity index (χ1v) is 6.12. The van der Waals surface area contributed by atoms with Gasteiger partial charge in [0.15, 0.2) is 0 Å². The van der Waals surface area contributed by atoms with Crippen LogP contribution in [0.4, 0.5) is 0 Å². The number of rotatable bonds is 4. The average molecular weight is 234 g/mol. The molecule has 1 atom stereocenters. The van der Waals surface area contributed by atoms with Gasteiger partial charge in [-0.05, 0) is 29.0 Å². The van der Waals surface area contributed by atoms with E-state index < -0.39 is 0 Å². The maximum absolute atomic E-state index is 11.3. The second-order valence-corrected chi connectivity index (χ2v) is 5.10. The van der Waals surface area contributed by atoms with Gasteiger partial charge >= 0.3 is 5.97 Å². The lowest BCUT2D eigenvalue weighted by Gasteiger charge is -2.32. The van der Waals surface area contributed by atoms with Crippen molar-refractivity contribution in [3.8, 4) is 0 Å². The van der Waals surface area contributed by atoms with Crippen LogP contribution < -0.4 is 0 Å². The Morgan fingerprint density at radius 3 is 2.24 bits per heavy atom. The first kappa shape index (κ1) is 13.8. The van der Waals surface area contributed by atoms with E-state index in [0.717, 1.165) is 6.42 Å². The van der Waals surface area contributed by atoms with E-state index in [-0.39, 0.29) is 11.4 Å². The van der Waals surface area contributed by atoms with E-state index in [1.165, 1.54) is 12.7 Å². The van der Waals surface area contributed by atoms with Crippen LogP contribution in [0.1, 0.15) is 50.0 Å². The molecule has 17 heavy (non-hydrogen) atoms. The highest BCUT2D eigenvalue weighted by atomic mass is 16.5. The van der Waals surface area contributed by atoms with Crippen molar-refractivity contribution in [2.75, 3.05) is 7.11 Å². The minimum atomic E-state index is -0.280. The molecule has 0 fully saturated rings. The summed E-state index contributed by atoms with van der Waals surface area (Å²) < 4.78 is 4.69. The van der Waals surface area contributed by atoms with Crippen LogP contribution in [0.5, 0.6) is 0 Å². The number of ether oxygens (including phenoxy) is 1. The molecule has 0 bridgehead atoms. The highest BCUT2D eigenvalue weighted by molar-refractivity contribution is 5.89. The molecule has 0 N–H and O–H groups in total. The molecule has 2 heteroatoms. The van der Waals surface area contributed by atoms with Crippen LogP contribution in [-0.4, -0.2) is 13.1 Å². The van der Waals surface area contributed by atoms with Gasteiger partial charge in [-0.3, -0.25) is 0 Å². The van der Waals surface area contributed by atoms with E-state index in [1.54, 1.807) is 0 Å². The molecule has 0 aliphatic carbocycles. The highest BCUT2D eigenvalue weighted by Gasteiger charge is 2.26. The van der Waals surface area contributed by atoms with Crippen molar-refractivity contribution in [2.24, 2.45) is 5.92 Å². The van der Waals surface area contributed by atoms with E-state index >= 15 is 0 Å². The van der Waals surface area contributed by atoms with Crippen molar-refractivity contribution in [3.63, 3.8) is 0 Å². The lowest BCUT2D eigenvalue weighted by molar-refractivity contribution is 0.0600. The van der Waals surface area contributed by atoms with Gasteiger partial charge < -0.3 is 4.74 Å². The summed E-state index contributed by atoms with van der Waals surface area (Å²) in [6.07, 6.45) is 1.14. The minimum absolute atomic E-state index is 0.128. The third-order valence-corrected chi connectivity index (χ3v) is 3.89. The van der Waals surface area contributed by atoms with Gasteiger partial charge in [-0.2, -0.15) is 0 Å². The lowest BCUT2D eigenvalue weighted by atomic mass is 9.73. The number of esters is 1. The topological polar surface area (TPSA) is 26.3 Å². The van der Waals surface area contributed by atoms with Crippen molar-refractivity contribution in [1.82, 2.24) is 0 Å². The van der Waals surface area contributed by atoms with Gasteiger partial charge in [0.25, 0.3) is 0 Å². The summed E-state index contributed by atoms with van der Waals surface area (Å²) in [7, 11) is 1.40. The smallest absolute Gasteiger partial charge is 0.337 e. The predicted molar refractivity (Wildman–Crippen MR) is 70.3 cm³/mol. The molecule has 0 saturated heterocycles. The van der Waals surface area contributed by atoms with Gasteiger partial charge in [-0.1, -0.05) is 46.2 Å². The van der Waals surface area contributed by atoms with Crippen molar-refractivity contribution in [1.29, 1.82) is 0 Å². The van der Waals surface area contributed by atoms with Crippen LogP contribution in [0.2, 0.25) is 0 Å². The zero-order chi connectivity index (χ0) is 13.1. The average Bonchev–Trinajstić information content (AvgIpc) is 2.36. The number of hydrogen-bond acceptors (Lipinski definition) is 2. The Hall–Kier alpha value is -1.31. The molecule has 2 nitrogen and oxygen atoms in total. The monoisotopic (exact) mass is 234 g/mol. The van der Waals surface area contributed by atoms with Crippen LogP contribution in [0.15, 0.2) is 24.3 Å². The van der Waals surface area contributed by atoms with Crippen molar-refractivity contribution in [2.45, 2.75) is 39.5 Å². The van der Waals surface area contributed by atoms with Crippen molar-refractivity contribution < 1.29 is 9.53 Å². The molecular weight excluding hydrogens is 212 g/mol. The number of carbonyl (C=O) groups excluding carboxylic acids is 1. The van der Waals surface area contributed by atoms with Gasteiger partial charge in [0.1, 0.15) is 0 Å². The standard InChI is InChI=1S/C15H22O2/c1-6-11(2)15(3,4)13-9-7-12(8-10-13)14(16)17-5/h7-11H,6H2,1-5H3. The quantitative estimate of drug-likeness (QED) is 0.741. The van der Waals surface area contributed by atoms with E-state index in [0.29, 0.717) is 11.5 Å². The number of hydrogen-bond donors (Lipinski definition) is 0. The van der Waals surface area contributed by atoms with Gasteiger partial charge in [0.05, 0.1) is 12.7 Å². The lowest BCUT2D eigenvalue weighted by Crippen LogP contribution is -2.26. The minimum Gasteiger partial charge on any atom is -0.465 e. The Bertz CT molecular complexity index is 376. The first-order valence-electron chi connectivity index (χ1n) is 6.12. The Morgan fingerprint density at radius 2 is 1.82 bits per heavy atom. The molecule has 0 amide bonds. The molecule has 1 rings (SSSR count). The van der Waals surface area contributed by atoms with Gasteiger partial charge in [0, 0.05) is 0 Å². The van der Waals surface area contributed by atoms with Crippen LogP contribution in [0.25, 0.3) is 0 Å². The molecule has 0 aliphatic heterocycles. The molecule has 94 valence electrons. The Labute approximate surface area is 104 Å². The normalized spacial score (nSPS) is 13.2. The summed E-state index contributed by atoms with van der Waals surface area (Å²) in [4.78, 5) is 11.3. The van der Waals surface area contributed by atoms with E-state index in [4.69, 9.17) is 4.74 Å². The summed E-state index contributed by atoms with van der Waals surface area (Å²) in [5.41, 5.74) is 2.00.